The molecule has 25 heavy (non-hydrogen) atoms. The van der Waals surface area contributed by atoms with Crippen LogP contribution in [0.1, 0.15) is 27.0 Å². The Morgan fingerprint density at radius 3 is 2.64 bits per heavy atom. The van der Waals surface area contributed by atoms with Crippen LogP contribution >= 0.6 is 0 Å². The Bertz CT molecular complexity index is 833. The topological polar surface area (TPSA) is 38.3 Å². The molecule has 0 spiro atoms. The second kappa shape index (κ2) is 7.75. The third-order valence-electron chi connectivity index (χ3n) is 3.43. The molecule has 0 heterocycles. The van der Waals surface area contributed by atoms with Crippen LogP contribution in [0.3, 0.4) is 0 Å². The highest BCUT2D eigenvalue weighted by atomic mass is 19.4. The highest BCUT2D eigenvalue weighted by Gasteiger charge is 2.30. The summed E-state index contributed by atoms with van der Waals surface area (Å²) in [6.07, 6.45) is -4.41. The first-order valence-corrected chi connectivity index (χ1v) is 7.40. The van der Waals surface area contributed by atoms with Crippen LogP contribution in [-0.2, 0) is 6.18 Å². The Hall–Kier alpha value is -2.94. The monoisotopic (exact) mass is 347 g/mol. The molecule has 1 amide bonds. The summed E-state index contributed by atoms with van der Waals surface area (Å²) < 4.78 is 43.0. The van der Waals surface area contributed by atoms with Crippen molar-refractivity contribution in [3.05, 3.63) is 64.7 Å². The standard InChI is InChI=1S/C19H16F3NO2/c1-13-8-9-15(12-17(13)25-2)18(24)23-10-4-6-14-5-3-7-16(11-14)19(20,21)22/h3,5,7-9,11-12H,10H2,1-2H3,(H,23,24). The molecule has 0 aromatic heterocycles. The van der Waals surface area contributed by atoms with E-state index in [2.05, 4.69) is 17.2 Å². The van der Waals surface area contributed by atoms with Gasteiger partial charge in [0.25, 0.3) is 5.91 Å². The molecule has 0 aliphatic heterocycles. The molecule has 2 aromatic carbocycles. The first-order valence-electron chi connectivity index (χ1n) is 7.40. The molecule has 0 aliphatic carbocycles. The van der Waals surface area contributed by atoms with Crippen molar-refractivity contribution in [2.75, 3.05) is 13.7 Å². The molecule has 2 rings (SSSR count). The fourth-order valence-electron chi connectivity index (χ4n) is 2.11. The summed E-state index contributed by atoms with van der Waals surface area (Å²) in [6, 6.07) is 9.77. The number of halogens is 3. The minimum atomic E-state index is -4.41. The van der Waals surface area contributed by atoms with Crippen molar-refractivity contribution >= 4 is 5.91 Å². The van der Waals surface area contributed by atoms with Gasteiger partial charge in [-0.05, 0) is 42.8 Å². The molecule has 3 nitrogen and oxygen atoms in total. The molecule has 130 valence electrons. The van der Waals surface area contributed by atoms with Crippen LogP contribution in [0, 0.1) is 18.8 Å². The lowest BCUT2D eigenvalue weighted by atomic mass is 10.1. The summed E-state index contributed by atoms with van der Waals surface area (Å²) in [4.78, 5) is 12.0. The Morgan fingerprint density at radius 2 is 1.96 bits per heavy atom. The van der Waals surface area contributed by atoms with Crippen molar-refractivity contribution in [3.8, 4) is 17.6 Å². The third-order valence-corrected chi connectivity index (χ3v) is 3.43. The van der Waals surface area contributed by atoms with Crippen LogP contribution in [0.4, 0.5) is 13.2 Å². The van der Waals surface area contributed by atoms with Gasteiger partial charge in [-0.3, -0.25) is 4.79 Å². The minimum Gasteiger partial charge on any atom is -0.496 e. The summed E-state index contributed by atoms with van der Waals surface area (Å²) in [5, 5.41) is 2.59. The molecule has 0 aliphatic rings. The fourth-order valence-corrected chi connectivity index (χ4v) is 2.11. The number of methoxy groups -OCH3 is 1. The third kappa shape index (κ3) is 5.01. The molecule has 0 atom stereocenters. The van der Waals surface area contributed by atoms with E-state index in [1.807, 2.05) is 6.92 Å². The number of hydrogen-bond donors (Lipinski definition) is 1. The normalized spacial score (nSPS) is 10.6. The molecule has 1 N–H and O–H groups in total. The predicted octanol–water partition coefficient (Wildman–Crippen LogP) is 3.80. The summed E-state index contributed by atoms with van der Waals surface area (Å²) in [5.41, 5.74) is 0.808. The van der Waals surface area contributed by atoms with E-state index in [0.717, 1.165) is 17.7 Å². The lowest BCUT2D eigenvalue weighted by Gasteiger charge is -2.07. The summed E-state index contributed by atoms with van der Waals surface area (Å²) in [6.45, 7) is 1.88. The van der Waals surface area contributed by atoms with E-state index >= 15 is 0 Å². The number of carbonyl (C=O) groups excluding carboxylic acids is 1. The van der Waals surface area contributed by atoms with Gasteiger partial charge in [-0.25, -0.2) is 0 Å². The summed E-state index contributed by atoms with van der Waals surface area (Å²) in [7, 11) is 1.52. The average molecular weight is 347 g/mol. The molecule has 0 saturated carbocycles. The van der Waals surface area contributed by atoms with Gasteiger partial charge in [0.2, 0.25) is 0 Å². The van der Waals surface area contributed by atoms with Gasteiger partial charge >= 0.3 is 6.18 Å². The Balaban J connectivity index is 2.00. The Morgan fingerprint density at radius 1 is 1.20 bits per heavy atom. The van der Waals surface area contributed by atoms with E-state index in [9.17, 15) is 18.0 Å². The molecule has 6 heteroatoms. The lowest BCUT2D eigenvalue weighted by molar-refractivity contribution is -0.137. The van der Waals surface area contributed by atoms with E-state index < -0.39 is 11.7 Å². The van der Waals surface area contributed by atoms with Crippen molar-refractivity contribution in [3.63, 3.8) is 0 Å². The quantitative estimate of drug-likeness (QED) is 0.858. The molecular weight excluding hydrogens is 331 g/mol. The van der Waals surface area contributed by atoms with Crippen LogP contribution in [0.25, 0.3) is 0 Å². The molecule has 0 radical (unpaired) electrons. The van der Waals surface area contributed by atoms with E-state index in [-0.39, 0.29) is 18.0 Å². The number of hydrogen-bond acceptors (Lipinski definition) is 2. The van der Waals surface area contributed by atoms with Crippen molar-refractivity contribution in [1.29, 1.82) is 0 Å². The van der Waals surface area contributed by atoms with Crippen LogP contribution in [0.15, 0.2) is 42.5 Å². The zero-order chi connectivity index (χ0) is 18.4. The van der Waals surface area contributed by atoms with Gasteiger partial charge in [0, 0.05) is 11.1 Å². The first kappa shape index (κ1) is 18.4. The van der Waals surface area contributed by atoms with E-state index in [0.29, 0.717) is 11.3 Å². The minimum absolute atomic E-state index is 0.0191. The van der Waals surface area contributed by atoms with Gasteiger partial charge in [0.05, 0.1) is 19.2 Å². The van der Waals surface area contributed by atoms with Gasteiger partial charge in [0.15, 0.2) is 0 Å². The molecule has 0 fully saturated rings. The van der Waals surface area contributed by atoms with Gasteiger partial charge in [-0.15, -0.1) is 0 Å². The van der Waals surface area contributed by atoms with Crippen molar-refractivity contribution in [1.82, 2.24) is 5.32 Å². The summed E-state index contributed by atoms with van der Waals surface area (Å²) in [5.74, 6) is 5.51. The zero-order valence-corrected chi connectivity index (χ0v) is 13.7. The van der Waals surface area contributed by atoms with E-state index in [1.165, 1.54) is 19.2 Å². The molecule has 0 saturated heterocycles. The van der Waals surface area contributed by atoms with Gasteiger partial charge in [-0.1, -0.05) is 24.0 Å². The van der Waals surface area contributed by atoms with Gasteiger partial charge < -0.3 is 10.1 Å². The maximum atomic E-state index is 12.6. The highest BCUT2D eigenvalue weighted by molar-refractivity contribution is 5.94. The maximum Gasteiger partial charge on any atom is 0.416 e. The maximum absolute atomic E-state index is 12.6. The first-order chi connectivity index (χ1) is 11.8. The Kier molecular flexibility index (Phi) is 5.71. The molecular formula is C19H16F3NO2. The van der Waals surface area contributed by atoms with E-state index in [4.69, 9.17) is 4.74 Å². The number of amides is 1. The lowest BCUT2D eigenvalue weighted by Crippen LogP contribution is -2.23. The number of alkyl halides is 3. The molecule has 0 bridgehead atoms. The number of ether oxygens (including phenoxy) is 1. The van der Waals surface area contributed by atoms with Crippen LogP contribution in [-0.4, -0.2) is 19.6 Å². The van der Waals surface area contributed by atoms with Crippen molar-refractivity contribution < 1.29 is 22.7 Å². The number of carbonyl (C=O) groups is 1. The van der Waals surface area contributed by atoms with Crippen molar-refractivity contribution in [2.45, 2.75) is 13.1 Å². The number of rotatable bonds is 3. The number of benzene rings is 2. The molecule has 2 aromatic rings. The largest absolute Gasteiger partial charge is 0.496 e. The van der Waals surface area contributed by atoms with Gasteiger partial charge in [0.1, 0.15) is 5.75 Å². The average Bonchev–Trinajstić information content (AvgIpc) is 2.58. The van der Waals surface area contributed by atoms with Crippen LogP contribution in [0.5, 0.6) is 5.75 Å². The van der Waals surface area contributed by atoms with Gasteiger partial charge in [-0.2, -0.15) is 13.2 Å². The smallest absolute Gasteiger partial charge is 0.416 e. The fraction of sp³-hybridized carbons (Fsp3) is 0.211. The number of nitrogens with one attached hydrogen (secondary N) is 1. The zero-order valence-electron chi connectivity index (χ0n) is 13.7. The second-order valence-corrected chi connectivity index (χ2v) is 5.25. The Labute approximate surface area is 143 Å². The molecule has 0 unspecified atom stereocenters. The van der Waals surface area contributed by atoms with Crippen LogP contribution < -0.4 is 10.1 Å². The summed E-state index contributed by atoms with van der Waals surface area (Å²) >= 11 is 0. The SMILES string of the molecule is COc1cc(C(=O)NCC#Cc2cccc(C(F)(F)F)c2)ccc1C. The number of aryl methyl sites for hydroxylation is 1. The van der Waals surface area contributed by atoms with Crippen molar-refractivity contribution in [2.24, 2.45) is 0 Å². The second-order valence-electron chi connectivity index (χ2n) is 5.25. The predicted molar refractivity (Wildman–Crippen MR) is 88.4 cm³/mol. The highest BCUT2D eigenvalue weighted by Crippen LogP contribution is 2.29. The van der Waals surface area contributed by atoms with Crippen LogP contribution in [0.2, 0.25) is 0 Å². The van der Waals surface area contributed by atoms with E-state index in [1.54, 1.807) is 18.2 Å².